The highest BCUT2D eigenvalue weighted by atomic mass is 16.7. The lowest BCUT2D eigenvalue weighted by molar-refractivity contribution is -0.107. The molecule has 0 aromatic carbocycles. The zero-order valence-corrected chi connectivity index (χ0v) is 10.3. The van der Waals surface area contributed by atoms with E-state index in [0.717, 1.165) is 13.1 Å². The fourth-order valence-corrected chi connectivity index (χ4v) is 1.88. The van der Waals surface area contributed by atoms with E-state index in [2.05, 4.69) is 12.7 Å². The fourth-order valence-electron chi connectivity index (χ4n) is 1.88. The van der Waals surface area contributed by atoms with E-state index in [-0.39, 0.29) is 12.1 Å². The smallest absolute Gasteiger partial charge is 0.316 e. The summed E-state index contributed by atoms with van der Waals surface area (Å²) in [6, 6.07) is 0.0427. The molecule has 0 aliphatic carbocycles. The van der Waals surface area contributed by atoms with Crippen molar-refractivity contribution >= 4 is 6.03 Å². The molecule has 2 aliphatic rings. The highest BCUT2D eigenvalue weighted by molar-refractivity contribution is 5.77. The van der Waals surface area contributed by atoms with Gasteiger partial charge in [-0.2, -0.15) is 5.06 Å². The van der Waals surface area contributed by atoms with Crippen LogP contribution >= 0.6 is 0 Å². The Kier molecular flexibility index (Phi) is 4.55. The van der Waals surface area contributed by atoms with Gasteiger partial charge in [0, 0.05) is 13.1 Å². The molecule has 1 atom stereocenters. The Morgan fingerprint density at radius 1 is 1.62 bits per heavy atom. The number of carbonyl (C=O) groups is 1. The van der Waals surface area contributed by atoms with Gasteiger partial charge in [-0.3, -0.25) is 4.84 Å². The topological polar surface area (TPSA) is 32.8 Å². The Bertz CT molecular complexity index is 299. The normalized spacial score (nSPS) is 22.6. The minimum absolute atomic E-state index is 0.0371. The molecule has 90 valence electrons. The van der Waals surface area contributed by atoms with Crippen LogP contribution in [0.1, 0.15) is 20.8 Å². The van der Waals surface area contributed by atoms with Crippen molar-refractivity contribution in [1.82, 2.24) is 9.96 Å². The van der Waals surface area contributed by atoms with Crippen LogP contribution in [0.4, 0.5) is 4.79 Å². The second kappa shape index (κ2) is 5.70. The fraction of sp³-hybridized carbons (Fsp3) is 0.583. The van der Waals surface area contributed by atoms with E-state index in [1.165, 1.54) is 10.6 Å². The molecule has 0 N–H and O–H groups in total. The lowest BCUT2D eigenvalue weighted by Gasteiger charge is -2.19. The SMILES string of the molecule is C=CCON1C(=O)N2CC(C)=CC1C2.CC. The average Bonchev–Trinajstić information content (AvgIpc) is 2.51. The summed E-state index contributed by atoms with van der Waals surface area (Å²) >= 11 is 0. The number of hydrogen-bond donors (Lipinski definition) is 0. The Balaban J connectivity index is 0.000000606. The molecule has 16 heavy (non-hydrogen) atoms. The first-order valence-electron chi connectivity index (χ1n) is 5.71. The first kappa shape index (κ1) is 12.8. The Hall–Kier alpha value is -1.29. The summed E-state index contributed by atoms with van der Waals surface area (Å²) in [5, 5.41) is 1.44. The van der Waals surface area contributed by atoms with E-state index < -0.39 is 0 Å². The van der Waals surface area contributed by atoms with E-state index in [1.54, 1.807) is 11.0 Å². The summed E-state index contributed by atoms with van der Waals surface area (Å²) in [4.78, 5) is 18.8. The van der Waals surface area contributed by atoms with Gasteiger partial charge >= 0.3 is 6.03 Å². The molecular formula is C12H20N2O2. The van der Waals surface area contributed by atoms with Gasteiger partial charge in [-0.05, 0) is 6.92 Å². The molecule has 0 spiro atoms. The second-order valence-electron chi connectivity index (χ2n) is 3.65. The number of hydrogen-bond acceptors (Lipinski definition) is 2. The van der Waals surface area contributed by atoms with Gasteiger partial charge in [0.2, 0.25) is 0 Å². The van der Waals surface area contributed by atoms with Gasteiger partial charge in [0.15, 0.2) is 0 Å². The number of urea groups is 1. The van der Waals surface area contributed by atoms with Gasteiger partial charge in [0.25, 0.3) is 0 Å². The lowest BCUT2D eigenvalue weighted by atomic mass is 10.1. The van der Waals surface area contributed by atoms with Crippen LogP contribution in [0.15, 0.2) is 24.3 Å². The van der Waals surface area contributed by atoms with Crippen LogP contribution < -0.4 is 0 Å². The predicted octanol–water partition coefficient (Wildman–Crippen LogP) is 2.20. The van der Waals surface area contributed by atoms with Crippen molar-refractivity contribution in [2.75, 3.05) is 19.7 Å². The maximum absolute atomic E-state index is 11.7. The molecule has 2 aliphatic heterocycles. The predicted molar refractivity (Wildman–Crippen MR) is 63.9 cm³/mol. The Morgan fingerprint density at radius 3 is 2.94 bits per heavy atom. The van der Waals surface area contributed by atoms with Crippen molar-refractivity contribution in [3.63, 3.8) is 0 Å². The van der Waals surface area contributed by atoms with Crippen LogP contribution in [-0.2, 0) is 4.84 Å². The molecular weight excluding hydrogens is 204 g/mol. The zero-order chi connectivity index (χ0) is 12.1. The molecule has 0 aromatic rings. The third-order valence-corrected chi connectivity index (χ3v) is 2.42. The summed E-state index contributed by atoms with van der Waals surface area (Å²) in [5.41, 5.74) is 1.22. The summed E-state index contributed by atoms with van der Waals surface area (Å²) < 4.78 is 0. The maximum atomic E-state index is 11.7. The lowest BCUT2D eigenvalue weighted by Crippen LogP contribution is -2.33. The van der Waals surface area contributed by atoms with E-state index in [1.807, 2.05) is 20.8 Å². The molecule has 4 heteroatoms. The summed E-state index contributed by atoms with van der Waals surface area (Å²) in [6.07, 6.45) is 3.73. The first-order chi connectivity index (χ1) is 7.72. The van der Waals surface area contributed by atoms with E-state index in [0.29, 0.717) is 6.61 Å². The molecule has 2 amide bonds. The molecule has 1 saturated heterocycles. The van der Waals surface area contributed by atoms with Crippen molar-refractivity contribution in [2.45, 2.75) is 26.8 Å². The number of rotatable bonds is 3. The first-order valence-corrected chi connectivity index (χ1v) is 5.71. The van der Waals surface area contributed by atoms with Crippen LogP contribution in [0.3, 0.4) is 0 Å². The standard InChI is InChI=1S/C10H14N2O2.C2H6/c1-3-4-14-12-9-5-8(2)6-11(7-9)10(12)13;1-2/h3,5,9H,1,4,6-7H2,2H3;1-2H3. The third kappa shape index (κ3) is 2.44. The molecule has 1 fully saturated rings. The molecule has 2 bridgehead atoms. The summed E-state index contributed by atoms with van der Waals surface area (Å²) in [7, 11) is 0. The second-order valence-corrected chi connectivity index (χ2v) is 3.65. The minimum Gasteiger partial charge on any atom is -0.316 e. The van der Waals surface area contributed by atoms with E-state index in [9.17, 15) is 4.79 Å². The number of nitrogens with zero attached hydrogens (tertiary/aromatic N) is 2. The van der Waals surface area contributed by atoms with E-state index >= 15 is 0 Å². The molecule has 0 radical (unpaired) electrons. The zero-order valence-electron chi connectivity index (χ0n) is 10.3. The summed E-state index contributed by atoms with van der Waals surface area (Å²) in [5.74, 6) is 0. The van der Waals surface area contributed by atoms with Crippen LogP contribution in [0, 0.1) is 0 Å². The third-order valence-electron chi connectivity index (χ3n) is 2.42. The van der Waals surface area contributed by atoms with Crippen molar-refractivity contribution < 1.29 is 9.63 Å². The van der Waals surface area contributed by atoms with Gasteiger partial charge in [0.05, 0.1) is 12.6 Å². The van der Waals surface area contributed by atoms with Crippen LogP contribution in [0.2, 0.25) is 0 Å². The minimum atomic E-state index is -0.0371. The highest BCUT2D eigenvalue weighted by Crippen LogP contribution is 2.24. The van der Waals surface area contributed by atoms with Crippen molar-refractivity contribution in [3.8, 4) is 0 Å². The number of fused-ring (bicyclic) bond motifs is 2. The van der Waals surface area contributed by atoms with Crippen molar-refractivity contribution in [1.29, 1.82) is 0 Å². The monoisotopic (exact) mass is 224 g/mol. The van der Waals surface area contributed by atoms with Crippen molar-refractivity contribution in [3.05, 3.63) is 24.3 Å². The Morgan fingerprint density at radius 2 is 2.31 bits per heavy atom. The number of amides is 2. The molecule has 1 unspecified atom stereocenters. The van der Waals surface area contributed by atoms with Gasteiger partial charge in [-0.1, -0.05) is 31.6 Å². The quantitative estimate of drug-likeness (QED) is 0.688. The number of carbonyl (C=O) groups excluding carboxylic acids is 1. The molecule has 0 saturated carbocycles. The van der Waals surface area contributed by atoms with Crippen LogP contribution in [0.5, 0.6) is 0 Å². The average molecular weight is 224 g/mol. The van der Waals surface area contributed by atoms with Crippen molar-refractivity contribution in [2.24, 2.45) is 0 Å². The van der Waals surface area contributed by atoms with Gasteiger partial charge in [-0.15, -0.1) is 6.58 Å². The van der Waals surface area contributed by atoms with Gasteiger partial charge in [-0.25, -0.2) is 4.79 Å². The van der Waals surface area contributed by atoms with Crippen LogP contribution in [-0.4, -0.2) is 41.7 Å². The molecule has 4 nitrogen and oxygen atoms in total. The highest BCUT2D eigenvalue weighted by Gasteiger charge is 2.39. The van der Waals surface area contributed by atoms with Gasteiger partial charge in [0.1, 0.15) is 0 Å². The molecule has 2 heterocycles. The van der Waals surface area contributed by atoms with Gasteiger partial charge < -0.3 is 4.90 Å². The Labute approximate surface area is 97.1 Å². The summed E-state index contributed by atoms with van der Waals surface area (Å²) in [6.45, 7) is 11.4. The van der Waals surface area contributed by atoms with Crippen LogP contribution in [0.25, 0.3) is 0 Å². The molecule has 0 aromatic heterocycles. The molecule has 2 rings (SSSR count). The van der Waals surface area contributed by atoms with E-state index in [4.69, 9.17) is 4.84 Å². The largest absolute Gasteiger partial charge is 0.344 e. The number of hydroxylamine groups is 2. The maximum Gasteiger partial charge on any atom is 0.344 e.